The van der Waals surface area contributed by atoms with Crippen LogP contribution < -0.4 is 10.6 Å². The highest BCUT2D eigenvalue weighted by molar-refractivity contribution is 5.60. The van der Waals surface area contributed by atoms with Crippen molar-refractivity contribution in [1.82, 2.24) is 4.98 Å². The molecular weight excluding hydrogens is 224 g/mol. The first-order valence-corrected chi connectivity index (χ1v) is 5.36. The van der Waals surface area contributed by atoms with Gasteiger partial charge in [-0.2, -0.15) is 0 Å². The summed E-state index contributed by atoms with van der Waals surface area (Å²) >= 11 is 0. The number of hydrogen-bond acceptors (Lipinski definition) is 6. The Morgan fingerprint density at radius 2 is 2.24 bits per heavy atom. The molecule has 17 heavy (non-hydrogen) atoms. The van der Waals surface area contributed by atoms with E-state index >= 15 is 0 Å². The Balaban J connectivity index is 3.14. The van der Waals surface area contributed by atoms with E-state index in [0.717, 1.165) is 6.42 Å². The fourth-order valence-electron chi connectivity index (χ4n) is 1.55. The predicted octanol–water partition coefficient (Wildman–Crippen LogP) is 0.781. The highest BCUT2D eigenvalue weighted by atomic mass is 16.6. The van der Waals surface area contributed by atoms with Gasteiger partial charge in [-0.25, -0.2) is 4.98 Å². The van der Waals surface area contributed by atoms with E-state index in [1.54, 1.807) is 4.90 Å². The molecule has 0 unspecified atom stereocenters. The van der Waals surface area contributed by atoms with Crippen LogP contribution in [0.5, 0.6) is 0 Å². The van der Waals surface area contributed by atoms with Crippen molar-refractivity contribution in [2.24, 2.45) is 0 Å². The molecule has 94 valence electrons. The topological polar surface area (TPSA) is 106 Å². The second-order valence-electron chi connectivity index (χ2n) is 3.55. The lowest BCUT2D eigenvalue weighted by Gasteiger charge is -2.21. The lowest BCUT2D eigenvalue weighted by Crippen LogP contribution is -2.29. The van der Waals surface area contributed by atoms with E-state index in [9.17, 15) is 10.1 Å². The molecule has 0 atom stereocenters. The van der Waals surface area contributed by atoms with Crippen LogP contribution in [0, 0.1) is 10.1 Å². The molecule has 0 saturated carbocycles. The molecule has 0 aliphatic rings. The van der Waals surface area contributed by atoms with Gasteiger partial charge in [-0.1, -0.05) is 6.92 Å². The Bertz CT molecular complexity index is 391. The van der Waals surface area contributed by atoms with Crippen molar-refractivity contribution in [2.45, 2.75) is 13.3 Å². The van der Waals surface area contributed by atoms with E-state index in [1.165, 1.54) is 12.1 Å². The van der Waals surface area contributed by atoms with Crippen LogP contribution >= 0.6 is 0 Å². The third-order valence-corrected chi connectivity index (χ3v) is 2.24. The van der Waals surface area contributed by atoms with Gasteiger partial charge in [0.2, 0.25) is 5.82 Å². The van der Waals surface area contributed by atoms with Gasteiger partial charge in [0.05, 0.1) is 11.5 Å². The van der Waals surface area contributed by atoms with E-state index < -0.39 is 4.92 Å². The van der Waals surface area contributed by atoms with E-state index in [0.29, 0.717) is 13.1 Å². The van der Waals surface area contributed by atoms with Gasteiger partial charge in [0.1, 0.15) is 5.82 Å². The minimum Gasteiger partial charge on any atom is -0.395 e. The molecular formula is C10H16N4O3. The Kier molecular flexibility index (Phi) is 4.65. The van der Waals surface area contributed by atoms with E-state index in [1.807, 2.05) is 6.92 Å². The summed E-state index contributed by atoms with van der Waals surface area (Å²) in [5, 5.41) is 19.8. The average molecular weight is 240 g/mol. The number of aliphatic hydroxyl groups is 1. The molecule has 0 fully saturated rings. The molecule has 7 nitrogen and oxygen atoms in total. The molecule has 0 radical (unpaired) electrons. The highest BCUT2D eigenvalue weighted by Gasteiger charge is 2.20. The van der Waals surface area contributed by atoms with Crippen molar-refractivity contribution in [2.75, 3.05) is 30.3 Å². The summed E-state index contributed by atoms with van der Waals surface area (Å²) in [5.41, 5.74) is 5.44. The Morgan fingerprint density at radius 1 is 1.53 bits per heavy atom. The van der Waals surface area contributed by atoms with Crippen LogP contribution in [0.1, 0.15) is 13.3 Å². The van der Waals surface area contributed by atoms with Gasteiger partial charge >= 0.3 is 5.69 Å². The third kappa shape index (κ3) is 3.28. The number of pyridine rings is 1. The second-order valence-corrected chi connectivity index (χ2v) is 3.55. The summed E-state index contributed by atoms with van der Waals surface area (Å²) in [5.74, 6) is 0.440. The van der Waals surface area contributed by atoms with Crippen LogP contribution in [0.3, 0.4) is 0 Å². The van der Waals surface area contributed by atoms with Gasteiger partial charge < -0.3 is 15.7 Å². The maximum atomic E-state index is 10.9. The normalized spacial score (nSPS) is 10.2. The van der Waals surface area contributed by atoms with Gasteiger partial charge in [0, 0.05) is 19.2 Å². The maximum Gasteiger partial charge on any atom is 0.311 e. The van der Waals surface area contributed by atoms with Crippen molar-refractivity contribution in [3.05, 3.63) is 22.2 Å². The van der Waals surface area contributed by atoms with Crippen LogP contribution in [0.25, 0.3) is 0 Å². The average Bonchev–Trinajstić information content (AvgIpc) is 2.28. The van der Waals surface area contributed by atoms with Crippen molar-refractivity contribution in [3.63, 3.8) is 0 Å². The molecule has 0 bridgehead atoms. The van der Waals surface area contributed by atoms with Crippen LogP contribution in [0.4, 0.5) is 17.3 Å². The highest BCUT2D eigenvalue weighted by Crippen LogP contribution is 2.26. The van der Waals surface area contributed by atoms with Crippen LogP contribution in [0.2, 0.25) is 0 Å². The molecule has 1 aromatic heterocycles. The number of nitro groups is 1. The fraction of sp³-hybridized carbons (Fsp3) is 0.500. The minimum atomic E-state index is -0.498. The summed E-state index contributed by atoms with van der Waals surface area (Å²) in [4.78, 5) is 16.0. The van der Waals surface area contributed by atoms with Gasteiger partial charge in [-0.05, 0) is 12.5 Å². The van der Waals surface area contributed by atoms with Crippen LogP contribution in [-0.2, 0) is 0 Å². The molecule has 0 aliphatic carbocycles. The molecule has 0 aliphatic heterocycles. The number of nitrogens with two attached hydrogens (primary N) is 1. The zero-order chi connectivity index (χ0) is 12.8. The molecule has 7 heteroatoms. The zero-order valence-electron chi connectivity index (χ0n) is 9.67. The van der Waals surface area contributed by atoms with Gasteiger partial charge in [0.25, 0.3) is 0 Å². The first-order valence-electron chi connectivity index (χ1n) is 5.36. The number of nitrogens with zero attached hydrogens (tertiary/aromatic N) is 3. The number of aromatic nitrogens is 1. The summed E-state index contributed by atoms with van der Waals surface area (Å²) in [6, 6.07) is 2.72. The Morgan fingerprint density at radius 3 is 2.76 bits per heavy atom. The Hall–Kier alpha value is -1.89. The van der Waals surface area contributed by atoms with Gasteiger partial charge in [0.15, 0.2) is 0 Å². The lowest BCUT2D eigenvalue weighted by molar-refractivity contribution is -0.384. The standard InChI is InChI=1S/C10H16N4O3/c1-2-5-13(6-7-15)10-8(14(16)17)3-4-9(11)12-10/h3-4,15H,2,5-7H2,1H3,(H2,11,12). The molecule has 0 spiro atoms. The van der Waals surface area contributed by atoms with E-state index in [2.05, 4.69) is 4.98 Å². The number of hydrogen-bond donors (Lipinski definition) is 2. The van der Waals surface area contributed by atoms with Crippen molar-refractivity contribution in [3.8, 4) is 0 Å². The third-order valence-electron chi connectivity index (χ3n) is 2.24. The van der Waals surface area contributed by atoms with E-state index in [-0.39, 0.29) is 23.9 Å². The molecule has 1 aromatic rings. The smallest absolute Gasteiger partial charge is 0.311 e. The number of aliphatic hydroxyl groups excluding tert-OH is 1. The van der Waals surface area contributed by atoms with E-state index in [4.69, 9.17) is 10.8 Å². The maximum absolute atomic E-state index is 10.9. The Labute approximate surface area is 99.0 Å². The quantitative estimate of drug-likeness (QED) is 0.562. The fourth-order valence-corrected chi connectivity index (χ4v) is 1.55. The molecule has 3 N–H and O–H groups in total. The number of nitrogen functional groups attached to an aromatic ring is 1. The summed E-state index contributed by atoms with van der Waals surface area (Å²) in [6.07, 6.45) is 0.799. The van der Waals surface area contributed by atoms with Crippen molar-refractivity contribution < 1.29 is 10.0 Å². The van der Waals surface area contributed by atoms with Gasteiger partial charge in [-0.15, -0.1) is 0 Å². The van der Waals surface area contributed by atoms with Gasteiger partial charge in [-0.3, -0.25) is 10.1 Å². The number of anilines is 2. The van der Waals surface area contributed by atoms with Crippen LogP contribution in [-0.4, -0.2) is 34.7 Å². The first-order chi connectivity index (χ1) is 8.10. The lowest BCUT2D eigenvalue weighted by atomic mass is 10.3. The van der Waals surface area contributed by atoms with Crippen LogP contribution in [0.15, 0.2) is 12.1 Å². The predicted molar refractivity (Wildman–Crippen MR) is 64.9 cm³/mol. The molecule has 0 aromatic carbocycles. The second kappa shape index (κ2) is 6.00. The van der Waals surface area contributed by atoms with Crippen molar-refractivity contribution in [1.29, 1.82) is 0 Å². The summed E-state index contributed by atoms with van der Waals surface area (Å²) < 4.78 is 0. The monoisotopic (exact) mass is 240 g/mol. The zero-order valence-corrected chi connectivity index (χ0v) is 9.67. The molecule has 1 heterocycles. The molecule has 0 amide bonds. The first kappa shape index (κ1) is 13.2. The SMILES string of the molecule is CCCN(CCO)c1nc(N)ccc1[N+](=O)[O-]. The number of rotatable bonds is 6. The minimum absolute atomic E-state index is 0.0896. The largest absolute Gasteiger partial charge is 0.395 e. The molecule has 0 saturated heterocycles. The molecule has 1 rings (SSSR count). The summed E-state index contributed by atoms with van der Waals surface area (Å²) in [6.45, 7) is 2.74. The van der Waals surface area contributed by atoms with Crippen molar-refractivity contribution >= 4 is 17.3 Å². The summed E-state index contributed by atoms with van der Waals surface area (Å²) in [7, 11) is 0.